The van der Waals surface area contributed by atoms with Crippen LogP contribution in [0.4, 0.5) is 5.95 Å². The van der Waals surface area contributed by atoms with Gasteiger partial charge >= 0.3 is 0 Å². The van der Waals surface area contributed by atoms with Crippen LogP contribution in [0.5, 0.6) is 0 Å². The van der Waals surface area contributed by atoms with Gasteiger partial charge in [-0.3, -0.25) is 0 Å². The van der Waals surface area contributed by atoms with Crippen LogP contribution in [0.1, 0.15) is 11.3 Å². The summed E-state index contributed by atoms with van der Waals surface area (Å²) in [6.07, 6.45) is 0.957. The maximum Gasteiger partial charge on any atom is 0.223 e. The van der Waals surface area contributed by atoms with Crippen LogP contribution in [0.15, 0.2) is 66.7 Å². The molecule has 0 aliphatic heterocycles. The van der Waals surface area contributed by atoms with Gasteiger partial charge in [0.25, 0.3) is 0 Å². The van der Waals surface area contributed by atoms with Crippen molar-refractivity contribution in [3.05, 3.63) is 78.0 Å². The summed E-state index contributed by atoms with van der Waals surface area (Å²) in [6, 6.07) is 22.6. The summed E-state index contributed by atoms with van der Waals surface area (Å²) in [7, 11) is 0. The van der Waals surface area contributed by atoms with Crippen molar-refractivity contribution in [1.82, 2.24) is 9.97 Å². The number of benzene rings is 2. The van der Waals surface area contributed by atoms with Gasteiger partial charge in [0.1, 0.15) is 0 Å². The Balaban J connectivity index is 1.70. The summed E-state index contributed by atoms with van der Waals surface area (Å²) in [5, 5.41) is 3.32. The highest BCUT2D eigenvalue weighted by Crippen LogP contribution is 2.18. The summed E-state index contributed by atoms with van der Waals surface area (Å²) in [6.45, 7) is 2.82. The van der Waals surface area contributed by atoms with Gasteiger partial charge in [0.05, 0.1) is 5.69 Å². The van der Waals surface area contributed by atoms with Crippen molar-refractivity contribution in [2.75, 3.05) is 11.9 Å². The zero-order valence-corrected chi connectivity index (χ0v) is 12.7. The third-order valence-electron chi connectivity index (χ3n) is 3.46. The molecular weight excluding hydrogens is 270 g/mol. The van der Waals surface area contributed by atoms with E-state index in [9.17, 15) is 0 Å². The van der Waals surface area contributed by atoms with Gasteiger partial charge in [0.15, 0.2) is 0 Å². The molecule has 1 N–H and O–H groups in total. The van der Waals surface area contributed by atoms with Crippen molar-refractivity contribution in [2.24, 2.45) is 0 Å². The normalized spacial score (nSPS) is 10.4. The first-order chi connectivity index (χ1) is 10.8. The van der Waals surface area contributed by atoms with Crippen LogP contribution in [0.3, 0.4) is 0 Å². The second kappa shape index (κ2) is 6.85. The van der Waals surface area contributed by atoms with E-state index in [-0.39, 0.29) is 0 Å². The number of aromatic nitrogens is 2. The van der Waals surface area contributed by atoms with Crippen molar-refractivity contribution >= 4 is 5.95 Å². The molecule has 3 aromatic rings. The van der Waals surface area contributed by atoms with Gasteiger partial charge in [-0.1, -0.05) is 60.7 Å². The van der Waals surface area contributed by atoms with Gasteiger partial charge in [-0.2, -0.15) is 0 Å². The molecule has 2 aromatic carbocycles. The fourth-order valence-electron chi connectivity index (χ4n) is 2.37. The molecule has 110 valence electrons. The average Bonchev–Trinajstić information content (AvgIpc) is 2.56. The predicted molar refractivity (Wildman–Crippen MR) is 90.8 cm³/mol. The molecule has 0 spiro atoms. The smallest absolute Gasteiger partial charge is 0.223 e. The highest BCUT2D eigenvalue weighted by atomic mass is 15.1. The van der Waals surface area contributed by atoms with Crippen molar-refractivity contribution < 1.29 is 0 Å². The molecule has 0 saturated heterocycles. The van der Waals surface area contributed by atoms with Crippen LogP contribution in [-0.2, 0) is 6.42 Å². The van der Waals surface area contributed by atoms with Gasteiger partial charge < -0.3 is 5.32 Å². The van der Waals surface area contributed by atoms with Crippen LogP contribution in [0, 0.1) is 6.92 Å². The van der Waals surface area contributed by atoms with Gasteiger partial charge in [0.2, 0.25) is 5.95 Å². The molecule has 0 amide bonds. The van der Waals surface area contributed by atoms with Crippen LogP contribution < -0.4 is 5.32 Å². The maximum atomic E-state index is 4.61. The second-order valence-corrected chi connectivity index (χ2v) is 5.25. The lowest BCUT2D eigenvalue weighted by Gasteiger charge is -2.08. The molecule has 3 rings (SSSR count). The number of hydrogen-bond acceptors (Lipinski definition) is 3. The summed E-state index contributed by atoms with van der Waals surface area (Å²) in [4.78, 5) is 9.08. The molecule has 0 radical (unpaired) electrons. The Morgan fingerprint density at radius 1 is 0.864 bits per heavy atom. The minimum absolute atomic E-state index is 0.690. The highest BCUT2D eigenvalue weighted by molar-refractivity contribution is 5.60. The Bertz CT molecular complexity index is 724. The van der Waals surface area contributed by atoms with E-state index in [0.29, 0.717) is 5.95 Å². The Hall–Kier alpha value is -2.68. The van der Waals surface area contributed by atoms with E-state index in [1.54, 1.807) is 0 Å². The monoisotopic (exact) mass is 289 g/mol. The fraction of sp³-hybridized carbons (Fsp3) is 0.158. The van der Waals surface area contributed by atoms with Crippen molar-refractivity contribution in [1.29, 1.82) is 0 Å². The molecule has 0 fully saturated rings. The number of aryl methyl sites for hydroxylation is 1. The number of nitrogens with one attached hydrogen (secondary N) is 1. The SMILES string of the molecule is Cc1cc(-c2ccccc2)nc(NCCc2ccccc2)n1. The first-order valence-electron chi connectivity index (χ1n) is 7.50. The molecule has 22 heavy (non-hydrogen) atoms. The lowest BCUT2D eigenvalue weighted by Crippen LogP contribution is -2.09. The first kappa shape index (κ1) is 14.3. The topological polar surface area (TPSA) is 37.8 Å². The Kier molecular flexibility index (Phi) is 4.44. The zero-order valence-electron chi connectivity index (χ0n) is 12.7. The van der Waals surface area contributed by atoms with Gasteiger partial charge in [-0.25, -0.2) is 9.97 Å². The Morgan fingerprint density at radius 3 is 2.27 bits per heavy atom. The number of anilines is 1. The van der Waals surface area contributed by atoms with Crippen molar-refractivity contribution in [3.8, 4) is 11.3 Å². The quantitative estimate of drug-likeness (QED) is 0.768. The van der Waals surface area contributed by atoms with E-state index < -0.39 is 0 Å². The number of hydrogen-bond donors (Lipinski definition) is 1. The second-order valence-electron chi connectivity index (χ2n) is 5.25. The lowest BCUT2D eigenvalue weighted by atomic mass is 10.1. The highest BCUT2D eigenvalue weighted by Gasteiger charge is 2.04. The molecule has 3 heteroatoms. The van der Waals surface area contributed by atoms with Crippen LogP contribution in [-0.4, -0.2) is 16.5 Å². The first-order valence-corrected chi connectivity index (χ1v) is 7.50. The van der Waals surface area contributed by atoms with Gasteiger partial charge in [-0.05, 0) is 25.0 Å². The largest absolute Gasteiger partial charge is 0.354 e. The molecule has 0 unspecified atom stereocenters. The maximum absolute atomic E-state index is 4.61. The third-order valence-corrected chi connectivity index (χ3v) is 3.46. The Labute approximate surface area is 131 Å². The fourth-order valence-corrected chi connectivity index (χ4v) is 2.37. The molecule has 0 aliphatic carbocycles. The molecule has 0 aliphatic rings. The summed E-state index contributed by atoms with van der Waals surface area (Å²) in [5.41, 5.74) is 4.34. The minimum atomic E-state index is 0.690. The molecule has 0 bridgehead atoms. The van der Waals surface area contributed by atoms with Crippen molar-refractivity contribution in [3.63, 3.8) is 0 Å². The molecule has 1 aromatic heterocycles. The average molecular weight is 289 g/mol. The van der Waals surface area contributed by atoms with Crippen molar-refractivity contribution in [2.45, 2.75) is 13.3 Å². The standard InChI is InChI=1S/C19H19N3/c1-15-14-18(17-10-6-3-7-11-17)22-19(21-15)20-13-12-16-8-4-2-5-9-16/h2-11,14H,12-13H2,1H3,(H,20,21,22). The summed E-state index contributed by atoms with van der Waals surface area (Å²) < 4.78 is 0. The van der Waals surface area contributed by atoms with E-state index in [2.05, 4.69) is 51.7 Å². The minimum Gasteiger partial charge on any atom is -0.354 e. The molecule has 0 saturated carbocycles. The third kappa shape index (κ3) is 3.70. The van der Waals surface area contributed by atoms with E-state index in [1.807, 2.05) is 37.3 Å². The summed E-state index contributed by atoms with van der Waals surface area (Å²) in [5.74, 6) is 0.690. The lowest BCUT2D eigenvalue weighted by molar-refractivity contribution is 0.976. The van der Waals surface area contributed by atoms with E-state index in [1.165, 1.54) is 5.56 Å². The molecule has 1 heterocycles. The molecular formula is C19H19N3. The van der Waals surface area contributed by atoms with Crippen LogP contribution in [0.25, 0.3) is 11.3 Å². The molecule has 0 atom stereocenters. The molecule has 3 nitrogen and oxygen atoms in total. The van der Waals surface area contributed by atoms with E-state index >= 15 is 0 Å². The van der Waals surface area contributed by atoms with E-state index in [4.69, 9.17) is 0 Å². The van der Waals surface area contributed by atoms with Crippen LogP contribution in [0.2, 0.25) is 0 Å². The zero-order chi connectivity index (χ0) is 15.2. The number of rotatable bonds is 5. The van der Waals surface area contributed by atoms with E-state index in [0.717, 1.165) is 29.9 Å². The predicted octanol–water partition coefficient (Wildman–Crippen LogP) is 4.11. The van der Waals surface area contributed by atoms with Crippen LogP contribution >= 0.6 is 0 Å². The van der Waals surface area contributed by atoms with Gasteiger partial charge in [-0.15, -0.1) is 0 Å². The van der Waals surface area contributed by atoms with Gasteiger partial charge in [0, 0.05) is 17.8 Å². The Morgan fingerprint density at radius 2 is 1.55 bits per heavy atom. The summed E-state index contributed by atoms with van der Waals surface area (Å²) >= 11 is 0. The number of nitrogens with zero attached hydrogens (tertiary/aromatic N) is 2.